The monoisotopic (exact) mass is 316 g/mol. The molecule has 7 heteroatoms. The van der Waals surface area contributed by atoms with E-state index < -0.39 is 23.2 Å². The molecular weight excluding hydrogens is 304 g/mol. The fourth-order valence-electron chi connectivity index (χ4n) is 2.38. The summed E-state index contributed by atoms with van der Waals surface area (Å²) >= 11 is 0. The largest absolute Gasteiger partial charge is 0.504 e. The van der Waals surface area contributed by atoms with E-state index in [4.69, 9.17) is 4.74 Å². The second-order valence-corrected chi connectivity index (χ2v) is 5.00. The van der Waals surface area contributed by atoms with E-state index >= 15 is 0 Å². The van der Waals surface area contributed by atoms with Gasteiger partial charge in [-0.2, -0.15) is 0 Å². The summed E-state index contributed by atoms with van der Waals surface area (Å²) in [6, 6.07) is 6.28. The fourth-order valence-corrected chi connectivity index (χ4v) is 2.38. The summed E-state index contributed by atoms with van der Waals surface area (Å²) in [4.78, 5) is 12.0. The Bertz CT molecular complexity index is 828. The van der Waals surface area contributed by atoms with Gasteiger partial charge in [0.15, 0.2) is 28.7 Å². The Morgan fingerprint density at radius 2 is 1.39 bits per heavy atom. The minimum Gasteiger partial charge on any atom is -0.504 e. The van der Waals surface area contributed by atoms with Crippen molar-refractivity contribution in [3.05, 3.63) is 41.5 Å². The Labute approximate surface area is 129 Å². The highest BCUT2D eigenvalue weighted by Gasteiger charge is 2.29. The molecule has 0 bridgehead atoms. The minimum absolute atomic E-state index is 0.0687. The number of cyclic esters (lactones) is 1. The van der Waals surface area contributed by atoms with Crippen molar-refractivity contribution in [2.45, 2.75) is 0 Å². The number of phenols is 5. The normalized spacial score (nSPS) is 14.2. The molecule has 5 N–H and O–H groups in total. The maximum Gasteiger partial charge on any atom is 0.339 e. The summed E-state index contributed by atoms with van der Waals surface area (Å²) in [5.74, 6) is -3.19. The van der Waals surface area contributed by atoms with Crippen LogP contribution >= 0.6 is 0 Å². The average molecular weight is 316 g/mol. The van der Waals surface area contributed by atoms with E-state index in [9.17, 15) is 30.3 Å². The Morgan fingerprint density at radius 1 is 0.783 bits per heavy atom. The van der Waals surface area contributed by atoms with E-state index in [1.54, 1.807) is 0 Å². The Kier molecular flexibility index (Phi) is 3.25. The third kappa shape index (κ3) is 2.38. The molecule has 0 saturated heterocycles. The first kappa shape index (κ1) is 14.6. The molecule has 7 nitrogen and oxygen atoms in total. The van der Waals surface area contributed by atoms with Crippen LogP contribution in [-0.2, 0) is 9.53 Å². The zero-order valence-electron chi connectivity index (χ0n) is 11.6. The van der Waals surface area contributed by atoms with Gasteiger partial charge in [0.1, 0.15) is 6.61 Å². The van der Waals surface area contributed by atoms with Gasteiger partial charge in [-0.15, -0.1) is 0 Å². The number of ether oxygens (including phenoxy) is 1. The number of carbonyl (C=O) groups excluding carboxylic acids is 1. The number of hydrogen-bond donors (Lipinski definition) is 5. The van der Waals surface area contributed by atoms with Crippen LogP contribution in [0.1, 0.15) is 11.1 Å². The Balaban J connectivity index is 2.20. The molecule has 1 aliphatic rings. The van der Waals surface area contributed by atoms with Crippen molar-refractivity contribution >= 4 is 17.1 Å². The molecule has 0 fully saturated rings. The van der Waals surface area contributed by atoms with Gasteiger partial charge in [-0.1, -0.05) is 6.07 Å². The molecule has 2 aromatic carbocycles. The Morgan fingerprint density at radius 3 is 2.00 bits per heavy atom. The lowest BCUT2D eigenvalue weighted by atomic mass is 9.96. The van der Waals surface area contributed by atoms with E-state index in [1.807, 2.05) is 0 Å². The van der Waals surface area contributed by atoms with Crippen LogP contribution in [0.15, 0.2) is 30.3 Å². The molecule has 0 amide bonds. The molecule has 0 aliphatic carbocycles. The number of benzene rings is 2. The summed E-state index contributed by atoms with van der Waals surface area (Å²) in [5.41, 5.74) is 1.09. The second-order valence-electron chi connectivity index (χ2n) is 5.00. The Hall–Kier alpha value is -3.35. The first-order valence-corrected chi connectivity index (χ1v) is 6.56. The van der Waals surface area contributed by atoms with E-state index in [-0.39, 0.29) is 29.2 Å². The van der Waals surface area contributed by atoms with Gasteiger partial charge in [0, 0.05) is 5.57 Å². The number of hydrogen-bond acceptors (Lipinski definition) is 7. The first-order valence-electron chi connectivity index (χ1n) is 6.56. The van der Waals surface area contributed by atoms with Crippen LogP contribution in [0.5, 0.6) is 28.7 Å². The van der Waals surface area contributed by atoms with E-state index in [0.717, 1.165) is 12.1 Å². The molecule has 0 spiro atoms. The van der Waals surface area contributed by atoms with Gasteiger partial charge in [0.25, 0.3) is 0 Å². The van der Waals surface area contributed by atoms with Gasteiger partial charge in [-0.05, 0) is 35.4 Å². The molecule has 0 aromatic heterocycles. The minimum atomic E-state index is -0.690. The van der Waals surface area contributed by atoms with Crippen LogP contribution < -0.4 is 0 Å². The summed E-state index contributed by atoms with van der Waals surface area (Å²) in [5, 5.41) is 47.6. The lowest BCUT2D eigenvalue weighted by Gasteiger charge is -2.08. The smallest absolute Gasteiger partial charge is 0.339 e. The van der Waals surface area contributed by atoms with Crippen molar-refractivity contribution in [3.8, 4) is 28.7 Å². The summed E-state index contributed by atoms with van der Waals surface area (Å²) < 4.78 is 4.98. The lowest BCUT2D eigenvalue weighted by Crippen LogP contribution is -1.98. The van der Waals surface area contributed by atoms with Crippen LogP contribution in [0, 0.1) is 0 Å². The van der Waals surface area contributed by atoms with Crippen molar-refractivity contribution in [1.82, 2.24) is 0 Å². The standard InChI is InChI=1S/C16H12O7/c17-10-2-1-7(3-11(10)18)9-6-23-16(22)14(9)8-4-12(19)15(21)13(20)5-8/h1-5,17-21H,6H2. The lowest BCUT2D eigenvalue weighted by molar-refractivity contribution is -0.133. The number of esters is 1. The van der Waals surface area contributed by atoms with Crippen molar-refractivity contribution in [2.24, 2.45) is 0 Å². The average Bonchev–Trinajstić information content (AvgIpc) is 2.89. The fraction of sp³-hybridized carbons (Fsp3) is 0.0625. The summed E-state index contributed by atoms with van der Waals surface area (Å²) in [7, 11) is 0. The van der Waals surface area contributed by atoms with Crippen molar-refractivity contribution in [3.63, 3.8) is 0 Å². The highest BCUT2D eigenvalue weighted by molar-refractivity contribution is 6.27. The maximum atomic E-state index is 12.0. The predicted octanol–water partition coefficient (Wildman–Crippen LogP) is 1.68. The topological polar surface area (TPSA) is 127 Å². The third-order valence-electron chi connectivity index (χ3n) is 3.54. The van der Waals surface area contributed by atoms with Crippen LogP contribution in [0.3, 0.4) is 0 Å². The molecular formula is C16H12O7. The molecule has 118 valence electrons. The summed E-state index contributed by atoms with van der Waals surface area (Å²) in [6.45, 7) is -0.0687. The second kappa shape index (κ2) is 5.13. The van der Waals surface area contributed by atoms with Crippen LogP contribution in [0.4, 0.5) is 0 Å². The molecule has 0 saturated carbocycles. The van der Waals surface area contributed by atoms with Crippen LogP contribution in [0.2, 0.25) is 0 Å². The van der Waals surface area contributed by atoms with E-state index in [0.29, 0.717) is 11.1 Å². The number of carbonyl (C=O) groups is 1. The molecule has 3 rings (SSSR count). The number of phenolic OH excluding ortho intramolecular Hbond substituents is 5. The molecule has 0 atom stereocenters. The SMILES string of the molecule is O=C1OCC(c2ccc(O)c(O)c2)=C1c1cc(O)c(O)c(O)c1. The predicted molar refractivity (Wildman–Crippen MR) is 79.0 cm³/mol. The molecule has 23 heavy (non-hydrogen) atoms. The maximum absolute atomic E-state index is 12.0. The van der Waals surface area contributed by atoms with E-state index in [2.05, 4.69) is 0 Å². The quantitative estimate of drug-likeness (QED) is 0.421. The number of rotatable bonds is 2. The molecule has 1 heterocycles. The van der Waals surface area contributed by atoms with Crippen LogP contribution in [-0.4, -0.2) is 38.1 Å². The van der Waals surface area contributed by atoms with Gasteiger partial charge in [0.2, 0.25) is 0 Å². The van der Waals surface area contributed by atoms with Crippen molar-refractivity contribution in [2.75, 3.05) is 6.61 Å². The van der Waals surface area contributed by atoms with Gasteiger partial charge in [-0.3, -0.25) is 0 Å². The highest BCUT2D eigenvalue weighted by atomic mass is 16.5. The molecule has 1 aliphatic heterocycles. The zero-order chi connectivity index (χ0) is 16.7. The molecule has 2 aromatic rings. The zero-order valence-corrected chi connectivity index (χ0v) is 11.6. The van der Waals surface area contributed by atoms with Gasteiger partial charge < -0.3 is 30.3 Å². The van der Waals surface area contributed by atoms with Gasteiger partial charge in [-0.25, -0.2) is 4.79 Å². The highest BCUT2D eigenvalue weighted by Crippen LogP contribution is 2.41. The third-order valence-corrected chi connectivity index (χ3v) is 3.54. The molecule has 0 unspecified atom stereocenters. The van der Waals surface area contributed by atoms with Gasteiger partial charge >= 0.3 is 5.97 Å². The number of aromatic hydroxyl groups is 5. The molecule has 0 radical (unpaired) electrons. The van der Waals surface area contributed by atoms with E-state index in [1.165, 1.54) is 18.2 Å². The summed E-state index contributed by atoms with van der Waals surface area (Å²) in [6.07, 6.45) is 0. The first-order chi connectivity index (χ1) is 10.9. The van der Waals surface area contributed by atoms with Crippen molar-refractivity contribution < 1.29 is 35.1 Å². The van der Waals surface area contributed by atoms with Gasteiger partial charge in [0.05, 0.1) is 5.57 Å². The van der Waals surface area contributed by atoms with Crippen LogP contribution in [0.25, 0.3) is 11.1 Å². The van der Waals surface area contributed by atoms with Crippen molar-refractivity contribution in [1.29, 1.82) is 0 Å².